The Morgan fingerprint density at radius 1 is 1.00 bits per heavy atom. The predicted octanol–water partition coefficient (Wildman–Crippen LogP) is 3.08. The molecule has 0 bridgehead atoms. The lowest BCUT2D eigenvalue weighted by molar-refractivity contribution is -0.121. The second-order valence-corrected chi connectivity index (χ2v) is 7.23. The third-order valence-corrected chi connectivity index (χ3v) is 5.21. The van der Waals surface area contributed by atoms with E-state index in [2.05, 4.69) is 26.0 Å². The summed E-state index contributed by atoms with van der Waals surface area (Å²) >= 11 is 1.57. The van der Waals surface area contributed by atoms with Gasteiger partial charge in [-0.15, -0.1) is 11.3 Å². The van der Waals surface area contributed by atoms with Crippen molar-refractivity contribution in [3.63, 3.8) is 0 Å². The topological polar surface area (TPSA) is 99.8 Å². The number of carbonyl (C=O) groups is 2. The number of benzene rings is 2. The molecule has 2 heterocycles. The Morgan fingerprint density at radius 3 is 2.61 bits per heavy atom. The van der Waals surface area contributed by atoms with Gasteiger partial charge in [0.15, 0.2) is 0 Å². The highest BCUT2D eigenvalue weighted by Crippen LogP contribution is 2.22. The van der Waals surface area contributed by atoms with E-state index >= 15 is 0 Å². The summed E-state index contributed by atoms with van der Waals surface area (Å²) < 4.78 is 1.10. The van der Waals surface area contributed by atoms with Crippen LogP contribution in [-0.2, 0) is 11.2 Å². The van der Waals surface area contributed by atoms with Gasteiger partial charge in [0.05, 0.1) is 20.9 Å². The van der Waals surface area contributed by atoms with Crippen LogP contribution in [0.25, 0.3) is 21.5 Å². The summed E-state index contributed by atoms with van der Waals surface area (Å²) in [5.74, 6) is -0.738. The summed E-state index contributed by atoms with van der Waals surface area (Å²) in [5, 5.41) is 7.70. The van der Waals surface area contributed by atoms with Crippen molar-refractivity contribution in [1.29, 1.82) is 0 Å². The molecule has 7 nitrogen and oxygen atoms in total. The van der Waals surface area contributed by atoms with Crippen LogP contribution in [0.2, 0.25) is 0 Å². The molecule has 3 N–H and O–H groups in total. The summed E-state index contributed by atoms with van der Waals surface area (Å²) in [4.78, 5) is 28.7. The first-order valence-electron chi connectivity index (χ1n) is 8.73. The molecular weight excluding hydrogens is 374 g/mol. The average Bonchev–Trinajstić information content (AvgIpc) is 3.38. The molecule has 0 fully saturated rings. The number of rotatable bonds is 5. The van der Waals surface area contributed by atoms with E-state index in [1.54, 1.807) is 17.4 Å². The van der Waals surface area contributed by atoms with E-state index in [0.717, 1.165) is 20.8 Å². The molecule has 0 radical (unpaired) electrons. The SMILES string of the molecule is O=C(CCc1nc2ccccc2s1)NNC(=O)c1cc(-c2ccccc2)n[nH]1. The zero-order valence-corrected chi connectivity index (χ0v) is 15.6. The van der Waals surface area contributed by atoms with E-state index < -0.39 is 5.91 Å². The largest absolute Gasteiger partial charge is 0.287 e. The predicted molar refractivity (Wildman–Crippen MR) is 108 cm³/mol. The van der Waals surface area contributed by atoms with Gasteiger partial charge in [0.1, 0.15) is 5.69 Å². The zero-order chi connectivity index (χ0) is 19.3. The molecule has 0 saturated carbocycles. The molecule has 28 heavy (non-hydrogen) atoms. The third kappa shape index (κ3) is 4.07. The van der Waals surface area contributed by atoms with Gasteiger partial charge in [-0.3, -0.25) is 25.5 Å². The van der Waals surface area contributed by atoms with Crippen molar-refractivity contribution in [1.82, 2.24) is 26.0 Å². The van der Waals surface area contributed by atoms with Crippen LogP contribution in [0, 0.1) is 0 Å². The van der Waals surface area contributed by atoms with Crippen LogP contribution >= 0.6 is 11.3 Å². The minimum atomic E-state index is -0.456. The van der Waals surface area contributed by atoms with E-state index in [9.17, 15) is 9.59 Å². The number of hydrazine groups is 1. The molecular formula is C20H17N5O2S. The Kier molecular flexibility index (Phi) is 5.11. The summed E-state index contributed by atoms with van der Waals surface area (Å²) in [6.07, 6.45) is 0.752. The second-order valence-electron chi connectivity index (χ2n) is 6.11. The van der Waals surface area contributed by atoms with Gasteiger partial charge >= 0.3 is 0 Å². The first-order valence-corrected chi connectivity index (χ1v) is 9.55. The van der Waals surface area contributed by atoms with Gasteiger partial charge in [0.25, 0.3) is 5.91 Å². The Hall–Kier alpha value is -3.52. The van der Waals surface area contributed by atoms with Crippen LogP contribution in [0.15, 0.2) is 60.7 Å². The summed E-state index contributed by atoms with van der Waals surface area (Å²) in [5.41, 5.74) is 7.59. The number of thiazole rings is 1. The average molecular weight is 391 g/mol. The normalized spacial score (nSPS) is 10.7. The Morgan fingerprint density at radius 2 is 1.79 bits per heavy atom. The minimum Gasteiger partial charge on any atom is -0.273 e. The van der Waals surface area contributed by atoms with Gasteiger partial charge in [0.2, 0.25) is 5.91 Å². The van der Waals surface area contributed by atoms with Gasteiger partial charge in [-0.2, -0.15) is 5.10 Å². The number of aromatic amines is 1. The Labute approximate surface area is 164 Å². The van der Waals surface area contributed by atoms with Crippen molar-refractivity contribution < 1.29 is 9.59 Å². The van der Waals surface area contributed by atoms with Crippen molar-refractivity contribution in [2.75, 3.05) is 0 Å². The lowest BCUT2D eigenvalue weighted by atomic mass is 10.1. The molecule has 2 aromatic heterocycles. The van der Waals surface area contributed by atoms with Crippen LogP contribution in [0.5, 0.6) is 0 Å². The number of para-hydroxylation sites is 1. The number of fused-ring (bicyclic) bond motifs is 1. The van der Waals surface area contributed by atoms with Crippen molar-refractivity contribution in [2.24, 2.45) is 0 Å². The summed E-state index contributed by atoms with van der Waals surface area (Å²) in [6.45, 7) is 0. The highest BCUT2D eigenvalue weighted by Gasteiger charge is 2.12. The number of amides is 2. The molecule has 2 amide bonds. The first kappa shape index (κ1) is 17.9. The number of nitrogens with one attached hydrogen (secondary N) is 3. The van der Waals surface area contributed by atoms with E-state index in [1.165, 1.54) is 0 Å². The second kappa shape index (κ2) is 8.01. The van der Waals surface area contributed by atoms with Gasteiger partial charge in [-0.05, 0) is 18.2 Å². The highest BCUT2D eigenvalue weighted by molar-refractivity contribution is 7.18. The number of H-pyrrole nitrogens is 1. The number of aryl methyl sites for hydroxylation is 1. The molecule has 0 saturated heterocycles. The first-order chi connectivity index (χ1) is 13.7. The fraction of sp³-hybridized carbons (Fsp3) is 0.100. The number of hydrogen-bond donors (Lipinski definition) is 3. The maximum atomic E-state index is 12.2. The maximum Gasteiger partial charge on any atom is 0.287 e. The Balaban J connectivity index is 1.28. The standard InChI is InChI=1S/C20H17N5O2S/c26-18(10-11-19-21-14-8-4-5-9-17(14)28-19)24-25-20(27)16-12-15(22-23-16)13-6-2-1-3-7-13/h1-9,12H,10-11H2,(H,22,23)(H,24,26)(H,25,27). The lowest BCUT2D eigenvalue weighted by Crippen LogP contribution is -2.41. The molecule has 0 aliphatic carbocycles. The monoisotopic (exact) mass is 391 g/mol. The van der Waals surface area contributed by atoms with Crippen LogP contribution in [0.4, 0.5) is 0 Å². The number of carbonyl (C=O) groups excluding carboxylic acids is 2. The molecule has 2 aromatic carbocycles. The van der Waals surface area contributed by atoms with Crippen LogP contribution < -0.4 is 10.9 Å². The van der Waals surface area contributed by atoms with Gasteiger partial charge in [-0.25, -0.2) is 4.98 Å². The van der Waals surface area contributed by atoms with Crippen molar-refractivity contribution in [3.8, 4) is 11.3 Å². The molecule has 0 unspecified atom stereocenters. The van der Waals surface area contributed by atoms with Gasteiger partial charge < -0.3 is 0 Å². The van der Waals surface area contributed by atoms with Gasteiger partial charge in [0, 0.05) is 18.4 Å². The molecule has 140 valence electrons. The van der Waals surface area contributed by atoms with E-state index in [1.807, 2.05) is 54.6 Å². The summed E-state index contributed by atoms with van der Waals surface area (Å²) in [6, 6.07) is 19.0. The van der Waals surface area contributed by atoms with Crippen molar-refractivity contribution in [3.05, 3.63) is 71.4 Å². The van der Waals surface area contributed by atoms with Crippen LogP contribution in [0.3, 0.4) is 0 Å². The van der Waals surface area contributed by atoms with Crippen LogP contribution in [0.1, 0.15) is 21.9 Å². The van der Waals surface area contributed by atoms with Crippen molar-refractivity contribution in [2.45, 2.75) is 12.8 Å². The lowest BCUT2D eigenvalue weighted by Gasteiger charge is -2.05. The molecule has 0 aliphatic rings. The molecule has 4 aromatic rings. The quantitative estimate of drug-likeness (QED) is 0.455. The molecule has 4 rings (SSSR count). The Bertz CT molecular complexity index is 1090. The third-order valence-electron chi connectivity index (χ3n) is 4.11. The summed E-state index contributed by atoms with van der Waals surface area (Å²) in [7, 11) is 0. The smallest absolute Gasteiger partial charge is 0.273 e. The number of hydrogen-bond acceptors (Lipinski definition) is 5. The van der Waals surface area contributed by atoms with Crippen LogP contribution in [-0.4, -0.2) is 27.0 Å². The van der Waals surface area contributed by atoms with Crippen molar-refractivity contribution >= 4 is 33.4 Å². The van der Waals surface area contributed by atoms with E-state index in [-0.39, 0.29) is 18.0 Å². The zero-order valence-electron chi connectivity index (χ0n) is 14.8. The number of nitrogens with zero attached hydrogens (tertiary/aromatic N) is 2. The molecule has 0 aliphatic heterocycles. The highest BCUT2D eigenvalue weighted by atomic mass is 32.1. The minimum absolute atomic E-state index is 0.234. The van der Waals surface area contributed by atoms with Gasteiger partial charge in [-0.1, -0.05) is 42.5 Å². The van der Waals surface area contributed by atoms with E-state index in [4.69, 9.17) is 0 Å². The number of aromatic nitrogens is 3. The fourth-order valence-corrected chi connectivity index (χ4v) is 3.67. The van der Waals surface area contributed by atoms with E-state index in [0.29, 0.717) is 12.1 Å². The molecule has 0 spiro atoms. The molecule has 8 heteroatoms. The fourth-order valence-electron chi connectivity index (χ4n) is 2.70. The maximum absolute atomic E-state index is 12.2. The molecule has 0 atom stereocenters.